The molecule has 7 nitrogen and oxygen atoms in total. The van der Waals surface area contributed by atoms with Gasteiger partial charge in [0, 0.05) is 6.20 Å². The van der Waals surface area contributed by atoms with Crippen LogP contribution in [0.4, 0.5) is 0 Å². The second-order valence-electron chi connectivity index (χ2n) is 4.97. The van der Waals surface area contributed by atoms with Crippen molar-refractivity contribution >= 4 is 33.3 Å². The van der Waals surface area contributed by atoms with Crippen LogP contribution < -0.4 is 5.56 Å². The van der Waals surface area contributed by atoms with Crippen LogP contribution in [0.1, 0.15) is 38.5 Å². The molecule has 0 fully saturated rings. The highest BCUT2D eigenvalue weighted by Crippen LogP contribution is 2.27. The molecule has 0 saturated carbocycles. The molecule has 0 amide bonds. The molecule has 0 aliphatic heterocycles. The summed E-state index contributed by atoms with van der Waals surface area (Å²) in [6.45, 7) is 3.01. The number of rotatable bonds is 4. The van der Waals surface area contributed by atoms with E-state index in [0.717, 1.165) is 0 Å². The number of nitrogens with one attached hydrogen (secondary N) is 2. The second-order valence-corrected chi connectivity index (χ2v) is 5.96. The third kappa shape index (κ3) is 2.80. The number of hydrogen-bond acceptors (Lipinski definition) is 6. The molecule has 3 heterocycles. The van der Waals surface area contributed by atoms with Gasteiger partial charge in [-0.05, 0) is 31.5 Å². The van der Waals surface area contributed by atoms with Gasteiger partial charge in [0.15, 0.2) is 5.78 Å². The number of ketones is 1. The number of carbonyl (C=O) groups excluding carboxylic acids is 2. The van der Waals surface area contributed by atoms with Gasteiger partial charge >= 0.3 is 5.97 Å². The molecule has 23 heavy (non-hydrogen) atoms. The molecular weight excluding hydrogens is 318 g/mol. The van der Waals surface area contributed by atoms with Crippen LogP contribution >= 0.6 is 11.3 Å². The summed E-state index contributed by atoms with van der Waals surface area (Å²) in [6, 6.07) is 3.27. The van der Waals surface area contributed by atoms with Gasteiger partial charge in [0.25, 0.3) is 5.56 Å². The smallest absolute Gasteiger partial charge is 0.355 e. The highest BCUT2D eigenvalue weighted by molar-refractivity contribution is 7.20. The Labute approximate surface area is 134 Å². The van der Waals surface area contributed by atoms with E-state index < -0.39 is 5.97 Å². The fourth-order valence-corrected chi connectivity index (χ4v) is 3.36. The van der Waals surface area contributed by atoms with Crippen LogP contribution in [-0.2, 0) is 11.3 Å². The first-order valence-corrected chi connectivity index (χ1v) is 7.62. The number of nitrogens with zero attached hydrogens (tertiary/aromatic N) is 1. The number of ether oxygens (including phenoxy) is 1. The lowest BCUT2D eigenvalue weighted by Gasteiger charge is -2.03. The number of H-pyrrole nitrogens is 2. The quantitative estimate of drug-likeness (QED) is 0.563. The van der Waals surface area contributed by atoms with E-state index >= 15 is 0 Å². The van der Waals surface area contributed by atoms with Crippen molar-refractivity contribution in [1.29, 1.82) is 0 Å². The summed E-state index contributed by atoms with van der Waals surface area (Å²) in [4.78, 5) is 46.1. The van der Waals surface area contributed by atoms with Gasteiger partial charge in [-0.15, -0.1) is 11.3 Å². The van der Waals surface area contributed by atoms with Crippen LogP contribution in [0.3, 0.4) is 0 Å². The predicted molar refractivity (Wildman–Crippen MR) is 84.9 cm³/mol. The fourth-order valence-electron chi connectivity index (χ4n) is 2.26. The van der Waals surface area contributed by atoms with Gasteiger partial charge in [0.2, 0.25) is 0 Å². The van der Waals surface area contributed by atoms with E-state index in [-0.39, 0.29) is 23.8 Å². The van der Waals surface area contributed by atoms with E-state index in [2.05, 4.69) is 15.0 Å². The standard InChI is InChI=1S/C15H13N3O4S/c1-7-11-13(20)17-10(18-14(11)23-12(7)8(2)19)6-22-15(21)9-4-3-5-16-9/h3-5,16H,6H2,1-2H3,(H,17,18,20). The lowest BCUT2D eigenvalue weighted by molar-refractivity contribution is 0.0456. The Hall–Kier alpha value is -2.74. The van der Waals surface area contributed by atoms with Gasteiger partial charge in [0.1, 0.15) is 23.0 Å². The van der Waals surface area contributed by atoms with Gasteiger partial charge in [-0.2, -0.15) is 0 Å². The Bertz CT molecular complexity index is 953. The molecule has 3 rings (SSSR count). The van der Waals surface area contributed by atoms with Crippen molar-refractivity contribution in [1.82, 2.24) is 15.0 Å². The average molecular weight is 331 g/mol. The number of carbonyl (C=O) groups is 2. The minimum absolute atomic E-state index is 0.107. The molecule has 0 aliphatic carbocycles. The topological polar surface area (TPSA) is 105 Å². The van der Waals surface area contributed by atoms with Crippen LogP contribution in [0.5, 0.6) is 0 Å². The summed E-state index contributed by atoms with van der Waals surface area (Å²) in [5, 5.41) is 0.402. The molecule has 118 valence electrons. The summed E-state index contributed by atoms with van der Waals surface area (Å²) in [5.41, 5.74) is 0.600. The molecule has 0 aliphatic rings. The summed E-state index contributed by atoms with van der Waals surface area (Å²) in [7, 11) is 0. The molecule has 0 radical (unpaired) electrons. The SMILES string of the molecule is CC(=O)c1sc2nc(COC(=O)c3ccc[nH]3)[nH]c(=O)c2c1C. The van der Waals surface area contributed by atoms with Gasteiger partial charge in [-0.1, -0.05) is 0 Å². The number of aromatic nitrogens is 3. The molecule has 0 spiro atoms. The van der Waals surface area contributed by atoms with Crippen molar-refractivity contribution in [3.63, 3.8) is 0 Å². The Morgan fingerprint density at radius 2 is 2.17 bits per heavy atom. The summed E-state index contributed by atoms with van der Waals surface area (Å²) in [6.07, 6.45) is 1.61. The molecule has 0 aromatic carbocycles. The second kappa shape index (κ2) is 5.81. The molecular formula is C15H13N3O4S. The minimum Gasteiger partial charge on any atom is -0.453 e. The minimum atomic E-state index is -0.537. The van der Waals surface area contributed by atoms with Crippen molar-refractivity contribution in [3.05, 3.63) is 50.6 Å². The first-order chi connectivity index (χ1) is 11.0. The van der Waals surface area contributed by atoms with E-state index in [1.54, 1.807) is 25.3 Å². The average Bonchev–Trinajstić information content (AvgIpc) is 3.13. The first kappa shape index (κ1) is 15.2. The molecule has 0 unspecified atom stereocenters. The summed E-state index contributed by atoms with van der Waals surface area (Å²) >= 11 is 1.17. The number of esters is 1. The predicted octanol–water partition coefficient (Wildman–Crippen LogP) is 2.18. The van der Waals surface area contributed by atoms with E-state index in [0.29, 0.717) is 26.4 Å². The first-order valence-electron chi connectivity index (χ1n) is 6.81. The van der Waals surface area contributed by atoms with Gasteiger partial charge < -0.3 is 14.7 Å². The maximum absolute atomic E-state index is 12.2. The maximum atomic E-state index is 12.2. The summed E-state index contributed by atoms with van der Waals surface area (Å²) in [5.74, 6) is -0.409. The highest BCUT2D eigenvalue weighted by atomic mass is 32.1. The van der Waals surface area contributed by atoms with Crippen LogP contribution in [0.15, 0.2) is 23.1 Å². The third-order valence-corrected chi connectivity index (χ3v) is 4.61. The monoisotopic (exact) mass is 331 g/mol. The number of thiophene rings is 1. The van der Waals surface area contributed by atoms with E-state index in [1.165, 1.54) is 18.3 Å². The van der Waals surface area contributed by atoms with E-state index in [1.807, 2.05) is 0 Å². The van der Waals surface area contributed by atoms with Crippen LogP contribution in [-0.4, -0.2) is 26.7 Å². The van der Waals surface area contributed by atoms with Crippen LogP contribution in [0.25, 0.3) is 10.2 Å². The summed E-state index contributed by atoms with van der Waals surface area (Å²) < 4.78 is 5.10. The molecule has 0 bridgehead atoms. The highest BCUT2D eigenvalue weighted by Gasteiger charge is 2.17. The molecule has 8 heteroatoms. The Morgan fingerprint density at radius 3 is 2.83 bits per heavy atom. The van der Waals surface area contributed by atoms with Crippen molar-refractivity contribution in [2.45, 2.75) is 20.5 Å². The zero-order valence-electron chi connectivity index (χ0n) is 12.4. The Kier molecular flexibility index (Phi) is 3.83. The van der Waals surface area contributed by atoms with Crippen molar-refractivity contribution in [2.75, 3.05) is 0 Å². The molecule has 3 aromatic heterocycles. The van der Waals surface area contributed by atoms with E-state index in [9.17, 15) is 14.4 Å². The van der Waals surface area contributed by atoms with E-state index in [4.69, 9.17) is 4.74 Å². The lowest BCUT2D eigenvalue weighted by Crippen LogP contribution is -2.14. The number of hydrogen-bond donors (Lipinski definition) is 2. The lowest BCUT2D eigenvalue weighted by atomic mass is 10.2. The zero-order chi connectivity index (χ0) is 16.6. The molecule has 3 aromatic rings. The van der Waals surface area contributed by atoms with Crippen molar-refractivity contribution in [2.24, 2.45) is 0 Å². The number of aryl methyl sites for hydroxylation is 1. The zero-order valence-corrected chi connectivity index (χ0v) is 13.2. The van der Waals surface area contributed by atoms with Gasteiger partial charge in [0.05, 0.1) is 10.3 Å². The molecule has 0 saturated heterocycles. The number of fused-ring (bicyclic) bond motifs is 1. The van der Waals surface area contributed by atoms with Crippen LogP contribution in [0.2, 0.25) is 0 Å². The third-order valence-electron chi connectivity index (χ3n) is 3.33. The largest absolute Gasteiger partial charge is 0.453 e. The Balaban J connectivity index is 1.89. The van der Waals surface area contributed by atoms with Gasteiger partial charge in [-0.25, -0.2) is 9.78 Å². The fraction of sp³-hybridized carbons (Fsp3) is 0.200. The molecule has 0 atom stereocenters. The van der Waals surface area contributed by atoms with Crippen molar-refractivity contribution in [3.8, 4) is 0 Å². The number of aromatic amines is 2. The molecule has 2 N–H and O–H groups in total. The Morgan fingerprint density at radius 1 is 1.39 bits per heavy atom. The number of Topliss-reactive ketones (excluding diaryl/α,β-unsaturated/α-hetero) is 1. The van der Waals surface area contributed by atoms with Gasteiger partial charge in [-0.3, -0.25) is 9.59 Å². The normalized spacial score (nSPS) is 10.9. The maximum Gasteiger partial charge on any atom is 0.355 e. The van der Waals surface area contributed by atoms with Crippen LogP contribution in [0, 0.1) is 6.92 Å². The van der Waals surface area contributed by atoms with Crippen molar-refractivity contribution < 1.29 is 14.3 Å².